The second kappa shape index (κ2) is 7.02. The van der Waals surface area contributed by atoms with E-state index < -0.39 is 5.82 Å². The van der Waals surface area contributed by atoms with Crippen molar-refractivity contribution in [1.29, 1.82) is 0 Å². The fraction of sp³-hybridized carbons (Fsp3) is 0.500. The Balaban J connectivity index is 1.94. The summed E-state index contributed by atoms with van der Waals surface area (Å²) in [7, 11) is 0. The number of rotatable bonds is 4. The predicted octanol–water partition coefficient (Wildman–Crippen LogP) is 2.26. The van der Waals surface area contributed by atoms with Crippen LogP contribution in [0.15, 0.2) is 18.2 Å². The van der Waals surface area contributed by atoms with Gasteiger partial charge in [0.2, 0.25) is 5.91 Å². The summed E-state index contributed by atoms with van der Waals surface area (Å²) in [5.74, 6) is -0.650. The van der Waals surface area contributed by atoms with Crippen LogP contribution in [0, 0.1) is 5.82 Å². The lowest BCUT2D eigenvalue weighted by Gasteiger charge is -2.33. The Morgan fingerprint density at radius 3 is 3.00 bits per heavy atom. The first-order valence-corrected chi connectivity index (χ1v) is 7.08. The number of amides is 1. The number of carbonyl (C=O) groups is 1. The van der Waals surface area contributed by atoms with Gasteiger partial charge in [0.15, 0.2) is 0 Å². The number of piperidine rings is 1. The number of likely N-dealkylation sites (tertiary alicyclic amines) is 1. The van der Waals surface area contributed by atoms with E-state index in [-0.39, 0.29) is 30.1 Å². The zero-order valence-corrected chi connectivity index (χ0v) is 11.9. The quantitative estimate of drug-likeness (QED) is 0.897. The first kappa shape index (κ1) is 15.2. The molecule has 1 amide bonds. The Bertz CT molecular complexity index is 484. The molecule has 1 unspecified atom stereocenters. The highest BCUT2D eigenvalue weighted by atomic mass is 35.5. The first-order chi connectivity index (χ1) is 9.60. The second-order valence-electron chi connectivity index (χ2n) is 4.98. The molecular weight excluding hydrogens is 283 g/mol. The van der Waals surface area contributed by atoms with Crippen molar-refractivity contribution in [2.45, 2.75) is 25.3 Å². The Morgan fingerprint density at radius 1 is 1.50 bits per heavy atom. The van der Waals surface area contributed by atoms with Crippen molar-refractivity contribution >= 4 is 23.2 Å². The van der Waals surface area contributed by atoms with Crippen molar-refractivity contribution in [3.05, 3.63) is 29.0 Å². The third kappa shape index (κ3) is 3.91. The summed E-state index contributed by atoms with van der Waals surface area (Å²) >= 11 is 5.86. The van der Waals surface area contributed by atoms with E-state index in [2.05, 4.69) is 5.32 Å². The fourth-order valence-electron chi connectivity index (χ4n) is 2.44. The van der Waals surface area contributed by atoms with Gasteiger partial charge in [-0.25, -0.2) is 4.39 Å². The summed E-state index contributed by atoms with van der Waals surface area (Å²) in [5, 5.41) is 12.1. The van der Waals surface area contributed by atoms with Gasteiger partial charge < -0.3 is 10.4 Å². The summed E-state index contributed by atoms with van der Waals surface area (Å²) in [4.78, 5) is 14.0. The number of nitrogens with zero attached hydrogens (tertiary/aromatic N) is 1. The molecule has 20 heavy (non-hydrogen) atoms. The van der Waals surface area contributed by atoms with Crippen LogP contribution in [-0.4, -0.2) is 41.7 Å². The fourth-order valence-corrected chi connectivity index (χ4v) is 2.65. The smallest absolute Gasteiger partial charge is 0.238 e. The molecule has 1 aliphatic heterocycles. The number of nitrogens with one attached hydrogen (secondary N) is 1. The van der Waals surface area contributed by atoms with E-state index in [1.165, 1.54) is 12.1 Å². The predicted molar refractivity (Wildman–Crippen MR) is 76.3 cm³/mol. The van der Waals surface area contributed by atoms with E-state index in [1.807, 2.05) is 4.90 Å². The number of carbonyl (C=O) groups excluding carboxylic acids is 1. The molecule has 0 saturated carbocycles. The Morgan fingerprint density at radius 2 is 2.30 bits per heavy atom. The van der Waals surface area contributed by atoms with Crippen molar-refractivity contribution in [3.63, 3.8) is 0 Å². The lowest BCUT2D eigenvalue weighted by atomic mass is 10.0. The van der Waals surface area contributed by atoms with Crippen LogP contribution in [0.3, 0.4) is 0 Å². The second-order valence-corrected chi connectivity index (χ2v) is 5.38. The number of anilines is 1. The van der Waals surface area contributed by atoms with Crippen molar-refractivity contribution in [1.82, 2.24) is 4.90 Å². The molecule has 4 nitrogen and oxygen atoms in total. The SMILES string of the molecule is O=C(CN1CCCCC1CO)Nc1ccc(F)cc1Cl. The lowest BCUT2D eigenvalue weighted by Crippen LogP contribution is -2.45. The highest BCUT2D eigenvalue weighted by Gasteiger charge is 2.23. The van der Waals surface area contributed by atoms with Gasteiger partial charge in [0.25, 0.3) is 0 Å². The van der Waals surface area contributed by atoms with E-state index in [0.29, 0.717) is 5.69 Å². The van der Waals surface area contributed by atoms with Crippen molar-refractivity contribution in [2.24, 2.45) is 0 Å². The summed E-state index contributed by atoms with van der Waals surface area (Å²) in [6.45, 7) is 1.07. The standard InChI is InChI=1S/C14H18ClFN2O2/c15-12-7-10(16)4-5-13(12)17-14(20)8-18-6-2-1-3-11(18)9-19/h4-5,7,11,19H,1-3,6,8-9H2,(H,17,20). The molecule has 2 rings (SSSR count). The molecule has 1 aliphatic rings. The molecule has 0 bridgehead atoms. The Kier molecular flexibility index (Phi) is 5.34. The molecule has 1 saturated heterocycles. The van der Waals surface area contributed by atoms with Gasteiger partial charge in [-0.05, 0) is 37.6 Å². The maximum Gasteiger partial charge on any atom is 0.238 e. The van der Waals surface area contributed by atoms with Gasteiger partial charge in [0, 0.05) is 6.04 Å². The molecule has 1 aromatic rings. The minimum absolute atomic E-state index is 0.0400. The van der Waals surface area contributed by atoms with E-state index >= 15 is 0 Å². The van der Waals surface area contributed by atoms with Gasteiger partial charge in [-0.2, -0.15) is 0 Å². The minimum Gasteiger partial charge on any atom is -0.395 e. The molecule has 0 radical (unpaired) electrons. The van der Waals surface area contributed by atoms with Gasteiger partial charge in [0.1, 0.15) is 5.82 Å². The summed E-state index contributed by atoms with van der Waals surface area (Å²) in [5.41, 5.74) is 0.399. The highest BCUT2D eigenvalue weighted by molar-refractivity contribution is 6.33. The van der Waals surface area contributed by atoms with Crippen LogP contribution >= 0.6 is 11.6 Å². The molecule has 0 aromatic heterocycles. The number of benzene rings is 1. The first-order valence-electron chi connectivity index (χ1n) is 6.70. The van der Waals surface area contributed by atoms with Gasteiger partial charge >= 0.3 is 0 Å². The number of hydrogen-bond donors (Lipinski definition) is 2. The molecule has 0 spiro atoms. The summed E-state index contributed by atoms with van der Waals surface area (Å²) in [6, 6.07) is 3.89. The number of halogens is 2. The molecular formula is C14H18ClFN2O2. The average Bonchev–Trinajstić information content (AvgIpc) is 2.42. The molecule has 1 atom stereocenters. The van der Waals surface area contributed by atoms with Gasteiger partial charge in [-0.3, -0.25) is 9.69 Å². The maximum atomic E-state index is 12.9. The van der Waals surface area contributed by atoms with Crippen LogP contribution in [0.5, 0.6) is 0 Å². The van der Waals surface area contributed by atoms with Crippen molar-refractivity contribution in [3.8, 4) is 0 Å². The summed E-state index contributed by atoms with van der Waals surface area (Å²) in [6.07, 6.45) is 3.01. The third-order valence-corrected chi connectivity index (χ3v) is 3.82. The molecule has 1 fully saturated rings. The molecule has 1 heterocycles. The van der Waals surface area contributed by atoms with E-state index in [1.54, 1.807) is 0 Å². The van der Waals surface area contributed by atoms with Crippen molar-refractivity contribution < 1.29 is 14.3 Å². The topological polar surface area (TPSA) is 52.6 Å². The monoisotopic (exact) mass is 300 g/mol. The number of aliphatic hydroxyl groups excluding tert-OH is 1. The van der Waals surface area contributed by atoms with Gasteiger partial charge in [-0.15, -0.1) is 0 Å². The van der Waals surface area contributed by atoms with E-state index in [4.69, 9.17) is 11.6 Å². The van der Waals surface area contributed by atoms with Gasteiger partial charge in [0.05, 0.1) is 23.9 Å². The van der Waals surface area contributed by atoms with Crippen LogP contribution in [-0.2, 0) is 4.79 Å². The van der Waals surface area contributed by atoms with Gasteiger partial charge in [-0.1, -0.05) is 18.0 Å². The lowest BCUT2D eigenvalue weighted by molar-refractivity contribution is -0.118. The van der Waals surface area contributed by atoms with Crippen LogP contribution in [0.1, 0.15) is 19.3 Å². The molecule has 2 N–H and O–H groups in total. The van der Waals surface area contributed by atoms with Crippen molar-refractivity contribution in [2.75, 3.05) is 25.0 Å². The zero-order chi connectivity index (χ0) is 14.5. The molecule has 0 aliphatic carbocycles. The normalized spacial score (nSPS) is 19.9. The van der Waals surface area contributed by atoms with E-state index in [0.717, 1.165) is 31.9 Å². The zero-order valence-electron chi connectivity index (χ0n) is 11.1. The van der Waals surface area contributed by atoms with Crippen LogP contribution < -0.4 is 5.32 Å². The molecule has 1 aromatic carbocycles. The third-order valence-electron chi connectivity index (χ3n) is 3.51. The maximum absolute atomic E-state index is 12.9. The summed E-state index contributed by atoms with van der Waals surface area (Å²) < 4.78 is 12.9. The average molecular weight is 301 g/mol. The van der Waals surface area contributed by atoms with Crippen LogP contribution in [0.4, 0.5) is 10.1 Å². The molecule has 110 valence electrons. The highest BCUT2D eigenvalue weighted by Crippen LogP contribution is 2.22. The Labute approximate surface area is 122 Å². The largest absolute Gasteiger partial charge is 0.395 e. The number of hydrogen-bond acceptors (Lipinski definition) is 3. The van der Waals surface area contributed by atoms with E-state index in [9.17, 15) is 14.3 Å². The molecule has 6 heteroatoms. The number of aliphatic hydroxyl groups is 1. The minimum atomic E-state index is -0.440. The van der Waals surface area contributed by atoms with Crippen LogP contribution in [0.2, 0.25) is 5.02 Å². The Hall–Kier alpha value is -1.17. The van der Waals surface area contributed by atoms with Crippen LogP contribution in [0.25, 0.3) is 0 Å².